The van der Waals surface area contributed by atoms with Crippen molar-refractivity contribution >= 4 is 23.2 Å². The highest BCUT2D eigenvalue weighted by molar-refractivity contribution is 7.08. The molecule has 0 radical (unpaired) electrons. The Morgan fingerprint density at radius 2 is 2.27 bits per heavy atom. The fourth-order valence-electron chi connectivity index (χ4n) is 3.86. The number of likely N-dealkylation sites (tertiary alicyclic amines) is 1. The zero-order valence-corrected chi connectivity index (χ0v) is 15.1. The highest BCUT2D eigenvalue weighted by Gasteiger charge is 2.57. The zero-order chi connectivity index (χ0) is 18.3. The number of carboxylic acid groups (broad SMARTS) is 1. The van der Waals surface area contributed by atoms with E-state index in [0.29, 0.717) is 24.5 Å². The minimum atomic E-state index is -1.11. The van der Waals surface area contributed by atoms with Gasteiger partial charge in [0.2, 0.25) is 5.91 Å². The molecule has 2 aliphatic heterocycles. The summed E-state index contributed by atoms with van der Waals surface area (Å²) in [7, 11) is 1.58. The molecule has 0 bridgehead atoms. The van der Waals surface area contributed by atoms with E-state index < -0.39 is 11.4 Å². The molecule has 0 spiro atoms. The van der Waals surface area contributed by atoms with Crippen LogP contribution >= 0.6 is 11.3 Å². The molecule has 4 rings (SSSR count). The van der Waals surface area contributed by atoms with E-state index in [0.717, 1.165) is 11.1 Å². The third-order valence-corrected chi connectivity index (χ3v) is 6.07. The van der Waals surface area contributed by atoms with Gasteiger partial charge in [0, 0.05) is 30.6 Å². The molecule has 1 fully saturated rings. The average Bonchev–Trinajstić information content (AvgIpc) is 3.29. The van der Waals surface area contributed by atoms with Crippen LogP contribution in [0.25, 0.3) is 0 Å². The molecule has 1 saturated heterocycles. The van der Waals surface area contributed by atoms with Gasteiger partial charge >= 0.3 is 5.97 Å². The quantitative estimate of drug-likeness (QED) is 0.891. The van der Waals surface area contributed by atoms with Crippen molar-refractivity contribution in [3.63, 3.8) is 0 Å². The van der Waals surface area contributed by atoms with Crippen LogP contribution < -0.4 is 9.47 Å². The maximum absolute atomic E-state index is 12.7. The largest absolute Gasteiger partial charge is 0.497 e. The molecular weight excluding hydrogens is 354 g/mol. The van der Waals surface area contributed by atoms with Gasteiger partial charge in [-0.25, -0.2) is 0 Å². The van der Waals surface area contributed by atoms with Gasteiger partial charge in [0.05, 0.1) is 13.5 Å². The van der Waals surface area contributed by atoms with Crippen LogP contribution in [-0.4, -0.2) is 48.7 Å². The number of thiophene rings is 1. The molecule has 1 amide bonds. The predicted molar refractivity (Wildman–Crippen MR) is 95.9 cm³/mol. The number of hydrogen-bond acceptors (Lipinski definition) is 5. The predicted octanol–water partition coefficient (Wildman–Crippen LogP) is 2.39. The van der Waals surface area contributed by atoms with Gasteiger partial charge in [0.15, 0.2) is 0 Å². The topological polar surface area (TPSA) is 76.1 Å². The molecule has 136 valence electrons. The van der Waals surface area contributed by atoms with E-state index in [1.54, 1.807) is 35.5 Å². The summed E-state index contributed by atoms with van der Waals surface area (Å²) in [6.45, 7) is 0.606. The Morgan fingerprint density at radius 1 is 1.42 bits per heavy atom. The van der Waals surface area contributed by atoms with Crippen molar-refractivity contribution in [2.75, 3.05) is 26.8 Å². The summed E-state index contributed by atoms with van der Waals surface area (Å²) in [5, 5.41) is 13.8. The van der Waals surface area contributed by atoms with Gasteiger partial charge in [-0.2, -0.15) is 11.3 Å². The first kappa shape index (κ1) is 16.9. The summed E-state index contributed by atoms with van der Waals surface area (Å²) in [5.74, 6) is 0.0395. The van der Waals surface area contributed by atoms with Crippen molar-refractivity contribution < 1.29 is 24.2 Å². The van der Waals surface area contributed by atoms with Gasteiger partial charge in [-0.05, 0) is 28.5 Å². The van der Waals surface area contributed by atoms with Crippen LogP contribution in [0.2, 0.25) is 0 Å². The van der Waals surface area contributed by atoms with Gasteiger partial charge in [-0.3, -0.25) is 9.59 Å². The Balaban J connectivity index is 1.64. The van der Waals surface area contributed by atoms with Crippen LogP contribution in [0, 0.1) is 5.41 Å². The standard InChI is InChI=1S/C19H19NO5S/c1-24-13-2-3-14-15-8-20(17(21)6-12-4-5-26-9-12)10-19(15,18(22)23)11-25-16(14)7-13/h2-5,7,9,15H,6,8,10-11H2,1H3,(H,22,23)/t15-,19-/m1/s1. The van der Waals surface area contributed by atoms with E-state index in [4.69, 9.17) is 9.47 Å². The Labute approximate surface area is 155 Å². The summed E-state index contributed by atoms with van der Waals surface area (Å²) < 4.78 is 11.0. The molecule has 7 heteroatoms. The Morgan fingerprint density at radius 3 is 2.96 bits per heavy atom. The molecule has 6 nitrogen and oxygen atoms in total. The molecule has 26 heavy (non-hydrogen) atoms. The summed E-state index contributed by atoms with van der Waals surface area (Å²) in [6, 6.07) is 7.35. The van der Waals surface area contributed by atoms with Crippen molar-refractivity contribution in [2.24, 2.45) is 5.41 Å². The maximum atomic E-state index is 12.7. The zero-order valence-electron chi connectivity index (χ0n) is 14.3. The molecular formula is C19H19NO5S. The summed E-state index contributed by atoms with van der Waals surface area (Å²) in [6.07, 6.45) is 0.294. The lowest BCUT2D eigenvalue weighted by Crippen LogP contribution is -2.46. The lowest BCUT2D eigenvalue weighted by molar-refractivity contribution is -0.152. The number of carbonyl (C=O) groups excluding carboxylic acids is 1. The number of benzene rings is 1. The number of nitrogens with zero attached hydrogens (tertiary/aromatic N) is 1. The number of aliphatic carboxylic acids is 1. The van der Waals surface area contributed by atoms with Crippen molar-refractivity contribution in [3.05, 3.63) is 46.2 Å². The number of carboxylic acids is 1. The van der Waals surface area contributed by atoms with Crippen LogP contribution in [0.15, 0.2) is 35.0 Å². The lowest BCUT2D eigenvalue weighted by atomic mass is 9.73. The summed E-state index contributed by atoms with van der Waals surface area (Å²) >= 11 is 1.55. The first-order valence-electron chi connectivity index (χ1n) is 8.36. The highest BCUT2D eigenvalue weighted by atomic mass is 32.1. The molecule has 2 aromatic rings. The van der Waals surface area contributed by atoms with E-state index in [2.05, 4.69) is 0 Å². The number of rotatable bonds is 4. The molecule has 1 aromatic heterocycles. The average molecular weight is 373 g/mol. The molecule has 1 aromatic carbocycles. The van der Waals surface area contributed by atoms with Gasteiger partial charge in [0.25, 0.3) is 0 Å². The second kappa shape index (κ2) is 6.32. The first-order chi connectivity index (χ1) is 12.5. The van der Waals surface area contributed by atoms with Crippen molar-refractivity contribution in [1.29, 1.82) is 0 Å². The number of carbonyl (C=O) groups is 2. The summed E-state index contributed by atoms with van der Waals surface area (Å²) in [4.78, 5) is 26.5. The van der Waals surface area contributed by atoms with Crippen molar-refractivity contribution in [3.8, 4) is 11.5 Å². The molecule has 2 aliphatic rings. The minimum Gasteiger partial charge on any atom is -0.497 e. The number of methoxy groups -OCH3 is 1. The second-order valence-corrected chi connectivity index (χ2v) is 7.57. The van der Waals surface area contributed by atoms with E-state index in [-0.39, 0.29) is 25.0 Å². The second-order valence-electron chi connectivity index (χ2n) is 6.79. The maximum Gasteiger partial charge on any atom is 0.315 e. The van der Waals surface area contributed by atoms with E-state index >= 15 is 0 Å². The monoisotopic (exact) mass is 373 g/mol. The molecule has 3 heterocycles. The molecule has 2 atom stereocenters. The van der Waals surface area contributed by atoms with Gasteiger partial charge in [-0.15, -0.1) is 0 Å². The summed E-state index contributed by atoms with van der Waals surface area (Å²) in [5.41, 5.74) is 0.678. The Hall–Kier alpha value is -2.54. The fraction of sp³-hybridized carbons (Fsp3) is 0.368. The number of ether oxygens (including phenoxy) is 2. The van der Waals surface area contributed by atoms with E-state index in [9.17, 15) is 14.7 Å². The van der Waals surface area contributed by atoms with Crippen molar-refractivity contribution in [1.82, 2.24) is 4.90 Å². The number of fused-ring (bicyclic) bond motifs is 3. The molecule has 0 aliphatic carbocycles. The van der Waals surface area contributed by atoms with Gasteiger partial charge in [-0.1, -0.05) is 6.07 Å². The van der Waals surface area contributed by atoms with Gasteiger partial charge < -0.3 is 19.5 Å². The van der Waals surface area contributed by atoms with Crippen LogP contribution in [-0.2, 0) is 16.0 Å². The van der Waals surface area contributed by atoms with Crippen LogP contribution in [0.3, 0.4) is 0 Å². The normalized spacial score (nSPS) is 23.7. The molecule has 1 N–H and O–H groups in total. The van der Waals surface area contributed by atoms with Gasteiger partial charge in [0.1, 0.15) is 23.5 Å². The molecule has 0 unspecified atom stereocenters. The van der Waals surface area contributed by atoms with Crippen molar-refractivity contribution in [2.45, 2.75) is 12.3 Å². The SMILES string of the molecule is COc1ccc2c(c1)OC[C@]1(C(=O)O)CN(C(=O)Cc3ccsc3)C[C@H]21. The minimum absolute atomic E-state index is 0.0477. The van der Waals surface area contributed by atoms with Crippen LogP contribution in [0.5, 0.6) is 11.5 Å². The first-order valence-corrected chi connectivity index (χ1v) is 9.31. The molecule has 0 saturated carbocycles. The lowest BCUT2D eigenvalue weighted by Gasteiger charge is -2.35. The third kappa shape index (κ3) is 2.63. The fourth-order valence-corrected chi connectivity index (χ4v) is 4.53. The Bertz CT molecular complexity index is 850. The smallest absolute Gasteiger partial charge is 0.315 e. The van der Waals surface area contributed by atoms with E-state index in [1.807, 2.05) is 22.9 Å². The van der Waals surface area contributed by atoms with Crippen LogP contribution in [0.4, 0.5) is 0 Å². The third-order valence-electron chi connectivity index (χ3n) is 5.34. The highest BCUT2D eigenvalue weighted by Crippen LogP contribution is 2.50. The number of hydrogen-bond donors (Lipinski definition) is 1. The number of amides is 1. The van der Waals surface area contributed by atoms with E-state index in [1.165, 1.54) is 0 Å². The Kier molecular flexibility index (Phi) is 4.11. The van der Waals surface area contributed by atoms with Crippen LogP contribution in [0.1, 0.15) is 17.0 Å².